The van der Waals surface area contributed by atoms with Gasteiger partial charge in [0.15, 0.2) is 0 Å². The number of amides is 1. The van der Waals surface area contributed by atoms with E-state index in [-0.39, 0.29) is 19.0 Å². The lowest BCUT2D eigenvalue weighted by atomic mass is 10.1. The van der Waals surface area contributed by atoms with Crippen molar-refractivity contribution in [3.05, 3.63) is 132 Å². The summed E-state index contributed by atoms with van der Waals surface area (Å²) in [6, 6.07) is 35.4. The van der Waals surface area contributed by atoms with Crippen molar-refractivity contribution in [1.82, 2.24) is 24.5 Å². The molecular formula is C34H30N6O3S. The van der Waals surface area contributed by atoms with Gasteiger partial charge in [-0.05, 0) is 47.5 Å². The molecule has 0 bridgehead atoms. The van der Waals surface area contributed by atoms with E-state index in [2.05, 4.69) is 45.2 Å². The first-order valence-corrected chi connectivity index (χ1v) is 16.2. The van der Waals surface area contributed by atoms with Crippen molar-refractivity contribution in [2.75, 3.05) is 23.7 Å². The van der Waals surface area contributed by atoms with Crippen molar-refractivity contribution in [2.24, 2.45) is 0 Å². The molecule has 0 spiro atoms. The number of hydrogen-bond acceptors (Lipinski definition) is 5. The third kappa shape index (κ3) is 5.24. The lowest BCUT2D eigenvalue weighted by Crippen LogP contribution is -2.37. The SMILES string of the molecule is CS(=O)(=O)N1CCN(C(=O)c2cccc(-n3cc(Cn4c(-c5ccccc5)cc5ccccc54)nn3)c2)Cc2ccccc21. The molecule has 0 aliphatic carbocycles. The van der Waals surface area contributed by atoms with E-state index in [9.17, 15) is 13.2 Å². The van der Waals surface area contributed by atoms with Gasteiger partial charge in [0.05, 0.1) is 36.9 Å². The van der Waals surface area contributed by atoms with Crippen LogP contribution < -0.4 is 4.31 Å². The molecule has 0 unspecified atom stereocenters. The van der Waals surface area contributed by atoms with Gasteiger partial charge in [0.2, 0.25) is 10.0 Å². The Labute approximate surface area is 255 Å². The normalized spacial score (nSPS) is 13.6. The number of carbonyl (C=O) groups is 1. The zero-order valence-corrected chi connectivity index (χ0v) is 24.9. The maximum Gasteiger partial charge on any atom is 0.254 e. The summed E-state index contributed by atoms with van der Waals surface area (Å²) in [5.41, 5.74) is 6.72. The van der Waals surface area contributed by atoms with Crippen molar-refractivity contribution < 1.29 is 13.2 Å². The second kappa shape index (κ2) is 11.1. The molecule has 0 radical (unpaired) electrons. The molecule has 9 nitrogen and oxygen atoms in total. The standard InChI is InChI=1S/C34H30N6O3S/c1-44(42,43)40-19-18-37(22-28-13-6-8-17-32(28)40)34(41)27-14-9-15-30(20-27)39-24-29(35-36-39)23-38-31-16-7-5-12-26(31)21-33(38)25-10-3-2-4-11-25/h2-17,20-21,24H,18-19,22-23H2,1H3. The van der Waals surface area contributed by atoms with Crippen LogP contribution in [0, 0.1) is 0 Å². The average molecular weight is 603 g/mol. The quantitative estimate of drug-likeness (QED) is 0.256. The molecule has 0 saturated heterocycles. The summed E-state index contributed by atoms with van der Waals surface area (Å²) in [5.74, 6) is -0.177. The highest BCUT2D eigenvalue weighted by atomic mass is 32.2. The maximum atomic E-state index is 13.7. The Bertz CT molecular complexity index is 2100. The highest BCUT2D eigenvalue weighted by molar-refractivity contribution is 7.92. The van der Waals surface area contributed by atoms with E-state index in [1.54, 1.807) is 27.8 Å². The summed E-state index contributed by atoms with van der Waals surface area (Å²) in [6.45, 7) is 1.30. The second-order valence-corrected chi connectivity index (χ2v) is 12.8. The summed E-state index contributed by atoms with van der Waals surface area (Å²) >= 11 is 0. The van der Waals surface area contributed by atoms with Crippen LogP contribution in [-0.2, 0) is 23.1 Å². The molecule has 3 heterocycles. The fraction of sp³-hybridized carbons (Fsp3) is 0.147. The number of para-hydroxylation sites is 2. The van der Waals surface area contributed by atoms with Gasteiger partial charge in [-0.1, -0.05) is 78.0 Å². The van der Waals surface area contributed by atoms with E-state index in [1.165, 1.54) is 10.6 Å². The van der Waals surface area contributed by atoms with Crippen LogP contribution in [0.5, 0.6) is 0 Å². The fourth-order valence-corrected chi connectivity index (χ4v) is 6.82. The predicted molar refractivity (Wildman–Crippen MR) is 171 cm³/mol. The monoisotopic (exact) mass is 602 g/mol. The molecule has 6 aromatic rings. The molecule has 0 atom stereocenters. The number of rotatable bonds is 6. The minimum atomic E-state index is -3.49. The first kappa shape index (κ1) is 27.6. The Morgan fingerprint density at radius 1 is 0.841 bits per heavy atom. The van der Waals surface area contributed by atoms with Gasteiger partial charge >= 0.3 is 0 Å². The largest absolute Gasteiger partial charge is 0.334 e. The molecule has 4 aromatic carbocycles. The van der Waals surface area contributed by atoms with Crippen molar-refractivity contribution in [1.29, 1.82) is 0 Å². The molecule has 0 fully saturated rings. The van der Waals surface area contributed by atoms with Gasteiger partial charge in [-0.25, -0.2) is 13.1 Å². The maximum absolute atomic E-state index is 13.7. The summed E-state index contributed by atoms with van der Waals surface area (Å²) < 4.78 is 30.3. The summed E-state index contributed by atoms with van der Waals surface area (Å²) in [6.07, 6.45) is 3.08. The molecule has 10 heteroatoms. The van der Waals surface area contributed by atoms with Gasteiger partial charge in [0.25, 0.3) is 5.91 Å². The Balaban J connectivity index is 1.15. The minimum absolute atomic E-state index is 0.177. The highest BCUT2D eigenvalue weighted by Crippen LogP contribution is 2.30. The van der Waals surface area contributed by atoms with Crippen LogP contribution in [0.1, 0.15) is 21.6 Å². The van der Waals surface area contributed by atoms with Gasteiger partial charge in [-0.15, -0.1) is 5.10 Å². The third-order valence-corrected chi connectivity index (χ3v) is 9.16. The van der Waals surface area contributed by atoms with Crippen LogP contribution >= 0.6 is 0 Å². The van der Waals surface area contributed by atoms with E-state index in [1.807, 2.05) is 66.9 Å². The summed E-state index contributed by atoms with van der Waals surface area (Å²) in [5, 5.41) is 10.0. The Morgan fingerprint density at radius 3 is 2.45 bits per heavy atom. The molecule has 44 heavy (non-hydrogen) atoms. The molecule has 220 valence electrons. The van der Waals surface area contributed by atoms with Crippen molar-refractivity contribution in [3.8, 4) is 16.9 Å². The highest BCUT2D eigenvalue weighted by Gasteiger charge is 2.28. The van der Waals surface area contributed by atoms with Gasteiger partial charge in [-0.3, -0.25) is 9.10 Å². The topological polar surface area (TPSA) is 93.3 Å². The number of aromatic nitrogens is 4. The van der Waals surface area contributed by atoms with E-state index in [0.717, 1.165) is 33.4 Å². The van der Waals surface area contributed by atoms with Crippen molar-refractivity contribution in [2.45, 2.75) is 13.1 Å². The van der Waals surface area contributed by atoms with Crippen molar-refractivity contribution in [3.63, 3.8) is 0 Å². The van der Waals surface area contributed by atoms with Crippen LogP contribution in [0.3, 0.4) is 0 Å². The summed E-state index contributed by atoms with van der Waals surface area (Å²) in [7, 11) is -3.49. The van der Waals surface area contributed by atoms with Crippen molar-refractivity contribution >= 4 is 32.5 Å². The molecule has 0 N–H and O–H groups in total. The van der Waals surface area contributed by atoms with E-state index in [0.29, 0.717) is 30.0 Å². The van der Waals surface area contributed by atoms with Gasteiger partial charge in [-0.2, -0.15) is 0 Å². The molecule has 7 rings (SSSR count). The summed E-state index contributed by atoms with van der Waals surface area (Å²) in [4.78, 5) is 15.4. The Morgan fingerprint density at radius 2 is 1.61 bits per heavy atom. The molecule has 0 saturated carbocycles. The van der Waals surface area contributed by atoms with Crippen LogP contribution in [-0.4, -0.2) is 58.1 Å². The Kier molecular flexibility index (Phi) is 6.98. The number of carbonyl (C=O) groups excluding carboxylic acids is 1. The zero-order chi connectivity index (χ0) is 30.3. The molecular weight excluding hydrogens is 572 g/mol. The average Bonchev–Trinajstić information content (AvgIpc) is 3.60. The van der Waals surface area contributed by atoms with E-state index >= 15 is 0 Å². The van der Waals surface area contributed by atoms with Gasteiger partial charge in [0, 0.05) is 35.2 Å². The molecule has 1 aliphatic heterocycles. The van der Waals surface area contributed by atoms with Crippen LogP contribution in [0.2, 0.25) is 0 Å². The van der Waals surface area contributed by atoms with Crippen LogP contribution in [0.4, 0.5) is 5.69 Å². The van der Waals surface area contributed by atoms with Crippen LogP contribution in [0.25, 0.3) is 27.8 Å². The number of hydrogen-bond donors (Lipinski definition) is 0. The number of nitrogens with zero attached hydrogens (tertiary/aromatic N) is 6. The Hall–Kier alpha value is -5.22. The minimum Gasteiger partial charge on any atom is -0.334 e. The molecule has 1 amide bonds. The lowest BCUT2D eigenvalue weighted by molar-refractivity contribution is 0.0752. The van der Waals surface area contributed by atoms with Gasteiger partial charge < -0.3 is 9.47 Å². The number of benzene rings is 4. The number of fused-ring (bicyclic) bond motifs is 2. The number of sulfonamides is 1. The smallest absolute Gasteiger partial charge is 0.254 e. The van der Waals surface area contributed by atoms with E-state index in [4.69, 9.17) is 0 Å². The number of anilines is 1. The first-order chi connectivity index (χ1) is 21.3. The molecule has 1 aliphatic rings. The zero-order valence-electron chi connectivity index (χ0n) is 24.1. The first-order valence-electron chi connectivity index (χ1n) is 14.4. The fourth-order valence-electron chi connectivity index (χ4n) is 5.87. The van der Waals surface area contributed by atoms with Crippen LogP contribution in [0.15, 0.2) is 115 Å². The third-order valence-electron chi connectivity index (χ3n) is 7.98. The van der Waals surface area contributed by atoms with Gasteiger partial charge in [0.1, 0.15) is 5.69 Å². The second-order valence-electron chi connectivity index (χ2n) is 10.9. The molecule has 2 aromatic heterocycles. The lowest BCUT2D eigenvalue weighted by Gasteiger charge is -2.22. The predicted octanol–water partition coefficient (Wildman–Crippen LogP) is 5.36. The van der Waals surface area contributed by atoms with E-state index < -0.39 is 10.0 Å².